The molecule has 1 nitrogen and oxygen atoms in total. The van der Waals surface area contributed by atoms with Crippen molar-refractivity contribution in [3.8, 4) is 0 Å². The van der Waals surface area contributed by atoms with Crippen LogP contribution in [0, 0.1) is 5.82 Å². The molecule has 0 bridgehead atoms. The van der Waals surface area contributed by atoms with E-state index in [1.807, 2.05) is 0 Å². The Kier molecular flexibility index (Phi) is 4.94. The van der Waals surface area contributed by atoms with Crippen molar-refractivity contribution in [3.63, 3.8) is 0 Å². The molecule has 0 saturated carbocycles. The molecule has 1 unspecified atom stereocenters. The van der Waals surface area contributed by atoms with Crippen LogP contribution >= 0.6 is 15.9 Å². The minimum absolute atomic E-state index is 0.0153. The van der Waals surface area contributed by atoms with Gasteiger partial charge in [-0.1, -0.05) is 15.9 Å². The summed E-state index contributed by atoms with van der Waals surface area (Å²) in [5.41, 5.74) is 0.0153. The Morgan fingerprint density at radius 1 is 1.29 bits per heavy atom. The van der Waals surface area contributed by atoms with E-state index in [1.165, 1.54) is 12.1 Å². The minimum atomic E-state index is -4.24. The van der Waals surface area contributed by atoms with E-state index in [-0.39, 0.29) is 18.4 Å². The molecule has 1 aromatic carbocycles. The lowest BCUT2D eigenvalue weighted by Gasteiger charge is -2.13. The normalized spacial score (nSPS) is 13.8. The Balaban J connectivity index is 2.58. The molecule has 17 heavy (non-hydrogen) atoms. The summed E-state index contributed by atoms with van der Waals surface area (Å²) in [7, 11) is 0. The molecular weight excluding hydrogens is 304 g/mol. The van der Waals surface area contributed by atoms with Gasteiger partial charge in [-0.2, -0.15) is 13.2 Å². The zero-order chi connectivity index (χ0) is 13.1. The second kappa shape index (κ2) is 5.82. The van der Waals surface area contributed by atoms with Gasteiger partial charge in [0.15, 0.2) is 0 Å². The number of halogens is 5. The molecule has 1 atom stereocenters. The number of aliphatic hydroxyl groups excluding tert-OH is 1. The second-order valence-corrected chi connectivity index (χ2v) is 4.60. The van der Waals surface area contributed by atoms with Gasteiger partial charge >= 0.3 is 6.18 Å². The maximum atomic E-state index is 13.3. The van der Waals surface area contributed by atoms with E-state index in [2.05, 4.69) is 15.9 Å². The maximum Gasteiger partial charge on any atom is 0.389 e. The first kappa shape index (κ1) is 14.4. The van der Waals surface area contributed by atoms with Crippen molar-refractivity contribution in [3.05, 3.63) is 34.1 Å². The molecule has 0 heterocycles. The molecule has 0 spiro atoms. The first-order chi connectivity index (χ1) is 7.79. The molecule has 0 amide bonds. The van der Waals surface area contributed by atoms with Crippen molar-refractivity contribution < 1.29 is 22.7 Å². The fraction of sp³-hybridized carbons (Fsp3) is 0.455. The molecule has 1 rings (SSSR count). The summed E-state index contributed by atoms with van der Waals surface area (Å²) in [6.07, 6.45) is -6.77. The smallest absolute Gasteiger partial charge is 0.388 e. The summed E-state index contributed by atoms with van der Waals surface area (Å²) in [5.74, 6) is -0.618. The summed E-state index contributed by atoms with van der Waals surface area (Å²) in [6.45, 7) is 0. The van der Waals surface area contributed by atoms with E-state index in [1.54, 1.807) is 0 Å². The average Bonchev–Trinajstić information content (AvgIpc) is 2.19. The van der Waals surface area contributed by atoms with Gasteiger partial charge in [0.1, 0.15) is 5.82 Å². The van der Waals surface area contributed by atoms with Crippen LogP contribution in [0.4, 0.5) is 17.6 Å². The highest BCUT2D eigenvalue weighted by atomic mass is 79.9. The lowest BCUT2D eigenvalue weighted by Crippen LogP contribution is -2.08. The summed E-state index contributed by atoms with van der Waals surface area (Å²) in [5, 5.41) is 9.59. The van der Waals surface area contributed by atoms with Gasteiger partial charge in [0.25, 0.3) is 0 Å². The SMILES string of the molecule is OC(CCCC(F)(F)F)c1cc(Br)ccc1F. The first-order valence-corrected chi connectivity index (χ1v) is 5.78. The van der Waals surface area contributed by atoms with Crippen molar-refractivity contribution in [2.45, 2.75) is 31.5 Å². The van der Waals surface area contributed by atoms with Crippen LogP contribution in [0.2, 0.25) is 0 Å². The highest BCUT2D eigenvalue weighted by molar-refractivity contribution is 9.10. The van der Waals surface area contributed by atoms with Crippen LogP contribution in [-0.2, 0) is 0 Å². The van der Waals surface area contributed by atoms with E-state index >= 15 is 0 Å². The van der Waals surface area contributed by atoms with Crippen LogP contribution in [-0.4, -0.2) is 11.3 Å². The maximum absolute atomic E-state index is 13.3. The van der Waals surface area contributed by atoms with Gasteiger partial charge in [0.2, 0.25) is 0 Å². The molecule has 1 aromatic rings. The molecule has 1 N–H and O–H groups in total. The monoisotopic (exact) mass is 314 g/mol. The zero-order valence-electron chi connectivity index (χ0n) is 8.77. The quantitative estimate of drug-likeness (QED) is 0.819. The highest BCUT2D eigenvalue weighted by Crippen LogP contribution is 2.28. The van der Waals surface area contributed by atoms with Gasteiger partial charge in [-0.15, -0.1) is 0 Å². The predicted octanol–water partition coefficient (Wildman–Crippen LogP) is 4.35. The Labute approximate surface area is 105 Å². The summed E-state index contributed by atoms with van der Waals surface area (Å²) in [4.78, 5) is 0. The predicted molar refractivity (Wildman–Crippen MR) is 59.0 cm³/mol. The Morgan fingerprint density at radius 2 is 1.94 bits per heavy atom. The number of aliphatic hydroxyl groups is 1. The van der Waals surface area contributed by atoms with E-state index in [0.29, 0.717) is 4.47 Å². The van der Waals surface area contributed by atoms with Crippen LogP contribution in [0.3, 0.4) is 0 Å². The van der Waals surface area contributed by atoms with Crippen LogP contribution in [0.5, 0.6) is 0 Å². The van der Waals surface area contributed by atoms with Gasteiger partial charge in [-0.3, -0.25) is 0 Å². The van der Waals surface area contributed by atoms with Crippen LogP contribution in [0.1, 0.15) is 30.9 Å². The number of hydrogen-bond acceptors (Lipinski definition) is 1. The first-order valence-electron chi connectivity index (χ1n) is 4.99. The van der Waals surface area contributed by atoms with Crippen molar-refractivity contribution >= 4 is 15.9 Å². The van der Waals surface area contributed by atoms with Gasteiger partial charge < -0.3 is 5.11 Å². The van der Waals surface area contributed by atoms with E-state index < -0.39 is 24.5 Å². The molecule has 0 aliphatic rings. The Bertz CT molecular complexity index is 378. The van der Waals surface area contributed by atoms with Gasteiger partial charge in [-0.05, 0) is 31.0 Å². The van der Waals surface area contributed by atoms with E-state index in [0.717, 1.165) is 6.07 Å². The number of rotatable bonds is 4. The average molecular weight is 315 g/mol. The van der Waals surface area contributed by atoms with Crippen molar-refractivity contribution in [1.82, 2.24) is 0 Å². The van der Waals surface area contributed by atoms with Gasteiger partial charge in [0.05, 0.1) is 6.10 Å². The second-order valence-electron chi connectivity index (χ2n) is 3.69. The van der Waals surface area contributed by atoms with E-state index in [4.69, 9.17) is 0 Å². The fourth-order valence-corrected chi connectivity index (χ4v) is 1.80. The van der Waals surface area contributed by atoms with E-state index in [9.17, 15) is 22.7 Å². The molecule has 0 radical (unpaired) electrons. The molecule has 6 heteroatoms. The number of benzene rings is 1. The van der Waals surface area contributed by atoms with Crippen molar-refractivity contribution in [2.24, 2.45) is 0 Å². The van der Waals surface area contributed by atoms with Crippen molar-refractivity contribution in [2.75, 3.05) is 0 Å². The standard InChI is InChI=1S/C11H11BrF4O/c12-7-3-4-9(13)8(6-7)10(17)2-1-5-11(14,15)16/h3-4,6,10,17H,1-2,5H2. The van der Waals surface area contributed by atoms with Crippen LogP contribution in [0.25, 0.3) is 0 Å². The lowest BCUT2D eigenvalue weighted by molar-refractivity contribution is -0.136. The summed E-state index contributed by atoms with van der Waals surface area (Å²) < 4.78 is 49.5. The minimum Gasteiger partial charge on any atom is -0.388 e. The Hall–Kier alpha value is -0.620. The number of alkyl halides is 3. The van der Waals surface area contributed by atoms with Crippen LogP contribution in [0.15, 0.2) is 22.7 Å². The highest BCUT2D eigenvalue weighted by Gasteiger charge is 2.27. The molecule has 0 fully saturated rings. The topological polar surface area (TPSA) is 20.2 Å². The third kappa shape index (κ3) is 5.04. The van der Waals surface area contributed by atoms with Crippen LogP contribution < -0.4 is 0 Å². The number of hydrogen-bond donors (Lipinski definition) is 1. The van der Waals surface area contributed by atoms with Crippen molar-refractivity contribution in [1.29, 1.82) is 0 Å². The largest absolute Gasteiger partial charge is 0.389 e. The lowest BCUT2D eigenvalue weighted by atomic mass is 10.0. The Morgan fingerprint density at radius 3 is 2.53 bits per heavy atom. The molecule has 0 saturated heterocycles. The fourth-order valence-electron chi connectivity index (χ4n) is 1.42. The van der Waals surface area contributed by atoms with Gasteiger partial charge in [0, 0.05) is 16.5 Å². The summed E-state index contributed by atoms with van der Waals surface area (Å²) in [6, 6.07) is 3.99. The summed E-state index contributed by atoms with van der Waals surface area (Å²) >= 11 is 3.11. The molecule has 0 aromatic heterocycles. The third-order valence-electron chi connectivity index (χ3n) is 2.25. The third-order valence-corrected chi connectivity index (χ3v) is 2.75. The molecule has 0 aliphatic carbocycles. The molecular formula is C11H11BrF4O. The zero-order valence-corrected chi connectivity index (χ0v) is 10.4. The molecule has 96 valence electrons. The van der Waals surface area contributed by atoms with Gasteiger partial charge in [-0.25, -0.2) is 4.39 Å². The molecule has 0 aliphatic heterocycles.